The first kappa shape index (κ1) is 16.6. The Bertz CT molecular complexity index is 484. The molecule has 2 heteroatoms. The van der Waals surface area contributed by atoms with E-state index in [2.05, 4.69) is 32.9 Å². The molecule has 0 aromatic rings. The minimum atomic E-state index is -0.537. The van der Waals surface area contributed by atoms with Crippen LogP contribution >= 0.6 is 0 Å². The number of hydrogen-bond acceptors (Lipinski definition) is 2. The number of rotatable bonds is 5. The summed E-state index contributed by atoms with van der Waals surface area (Å²) in [6.45, 7) is 9.98. The van der Waals surface area contributed by atoms with Crippen molar-refractivity contribution in [3.63, 3.8) is 0 Å². The molecule has 0 atom stereocenters. The van der Waals surface area contributed by atoms with Gasteiger partial charge >= 0.3 is 0 Å². The van der Waals surface area contributed by atoms with Gasteiger partial charge in [-0.1, -0.05) is 37.1 Å². The zero-order valence-corrected chi connectivity index (χ0v) is 13.4. The van der Waals surface area contributed by atoms with Crippen molar-refractivity contribution in [2.24, 2.45) is 5.41 Å². The lowest BCUT2D eigenvalue weighted by Gasteiger charge is -2.26. The summed E-state index contributed by atoms with van der Waals surface area (Å²) in [4.78, 5) is 23.9. The van der Waals surface area contributed by atoms with Crippen molar-refractivity contribution in [1.82, 2.24) is 0 Å². The number of Topliss-reactive ketones (excluding diaryl/α,β-unsaturated/α-hetero) is 1. The third kappa shape index (κ3) is 4.92. The lowest BCUT2D eigenvalue weighted by molar-refractivity contribution is -0.129. The topological polar surface area (TPSA) is 34.1 Å². The quantitative estimate of drug-likeness (QED) is 0.688. The molecule has 0 unspecified atom stereocenters. The van der Waals surface area contributed by atoms with E-state index in [9.17, 15) is 9.59 Å². The molecule has 1 aliphatic rings. The fraction of sp³-hybridized carbons (Fsp3) is 0.556. The lowest BCUT2D eigenvalue weighted by atomic mass is 9.75. The normalized spacial score (nSPS) is 18.9. The predicted octanol–water partition coefficient (Wildman–Crippen LogP) is 4.56. The van der Waals surface area contributed by atoms with Gasteiger partial charge in [0.2, 0.25) is 0 Å². The largest absolute Gasteiger partial charge is 0.295 e. The molecule has 0 bridgehead atoms. The van der Waals surface area contributed by atoms with Crippen LogP contribution in [-0.2, 0) is 9.59 Å². The first-order valence-corrected chi connectivity index (χ1v) is 7.29. The van der Waals surface area contributed by atoms with Gasteiger partial charge in [-0.05, 0) is 46.1 Å². The van der Waals surface area contributed by atoms with Crippen LogP contribution in [0.2, 0.25) is 0 Å². The Morgan fingerprint density at radius 1 is 1.20 bits per heavy atom. The zero-order valence-electron chi connectivity index (χ0n) is 13.4. The molecule has 0 spiro atoms. The van der Waals surface area contributed by atoms with Crippen LogP contribution in [0.25, 0.3) is 0 Å². The summed E-state index contributed by atoms with van der Waals surface area (Å²) >= 11 is 0. The van der Waals surface area contributed by atoms with Crippen molar-refractivity contribution < 1.29 is 9.59 Å². The van der Waals surface area contributed by atoms with E-state index in [-0.39, 0.29) is 11.6 Å². The SMILES string of the molecule is CC(C)=CCC/C(C)=C/CC1=CC(=O)CC(C)(C)C1=O. The van der Waals surface area contributed by atoms with Gasteiger partial charge in [-0.15, -0.1) is 0 Å². The fourth-order valence-electron chi connectivity index (χ4n) is 2.39. The zero-order chi connectivity index (χ0) is 15.3. The van der Waals surface area contributed by atoms with Gasteiger partial charge in [0, 0.05) is 17.4 Å². The predicted molar refractivity (Wildman–Crippen MR) is 83.5 cm³/mol. The second kappa shape index (κ2) is 6.83. The monoisotopic (exact) mass is 274 g/mol. The molecule has 20 heavy (non-hydrogen) atoms. The van der Waals surface area contributed by atoms with Crippen molar-refractivity contribution >= 4 is 11.6 Å². The van der Waals surface area contributed by atoms with E-state index in [1.54, 1.807) is 0 Å². The van der Waals surface area contributed by atoms with Crippen molar-refractivity contribution in [3.8, 4) is 0 Å². The minimum Gasteiger partial charge on any atom is -0.295 e. The molecule has 0 amide bonds. The van der Waals surface area contributed by atoms with Crippen LogP contribution in [0.3, 0.4) is 0 Å². The summed E-state index contributed by atoms with van der Waals surface area (Å²) in [7, 11) is 0. The van der Waals surface area contributed by atoms with Gasteiger partial charge in [-0.25, -0.2) is 0 Å². The maximum atomic E-state index is 12.2. The number of ketones is 2. The summed E-state index contributed by atoms with van der Waals surface area (Å²) < 4.78 is 0. The molecule has 1 aliphatic carbocycles. The van der Waals surface area contributed by atoms with Crippen LogP contribution in [0.5, 0.6) is 0 Å². The van der Waals surface area contributed by atoms with Crippen molar-refractivity contribution in [1.29, 1.82) is 0 Å². The minimum absolute atomic E-state index is 0.0696. The molecular weight excluding hydrogens is 248 g/mol. The van der Waals surface area contributed by atoms with E-state index in [4.69, 9.17) is 0 Å². The molecule has 0 aliphatic heterocycles. The Hall–Kier alpha value is -1.44. The number of hydrogen-bond donors (Lipinski definition) is 0. The van der Waals surface area contributed by atoms with E-state index in [1.165, 1.54) is 17.2 Å². The first-order chi connectivity index (χ1) is 9.22. The third-order valence-electron chi connectivity index (χ3n) is 3.62. The Kier molecular flexibility index (Phi) is 5.67. The molecule has 2 nitrogen and oxygen atoms in total. The van der Waals surface area contributed by atoms with Crippen LogP contribution in [0.1, 0.15) is 60.3 Å². The third-order valence-corrected chi connectivity index (χ3v) is 3.62. The highest BCUT2D eigenvalue weighted by Gasteiger charge is 2.35. The number of allylic oxidation sites excluding steroid dienone is 6. The van der Waals surface area contributed by atoms with Gasteiger partial charge < -0.3 is 0 Å². The van der Waals surface area contributed by atoms with Gasteiger partial charge in [0.25, 0.3) is 0 Å². The summed E-state index contributed by atoms with van der Waals surface area (Å²) in [5.41, 5.74) is 2.72. The summed E-state index contributed by atoms with van der Waals surface area (Å²) in [5.74, 6) is 0.186. The maximum absolute atomic E-state index is 12.2. The van der Waals surface area contributed by atoms with Gasteiger partial charge in [-0.3, -0.25) is 9.59 Å². The van der Waals surface area contributed by atoms with Gasteiger partial charge in [0.15, 0.2) is 11.6 Å². The van der Waals surface area contributed by atoms with Crippen molar-refractivity contribution in [2.45, 2.75) is 60.3 Å². The second-order valence-electron chi connectivity index (χ2n) is 6.60. The molecule has 0 N–H and O–H groups in total. The van der Waals surface area contributed by atoms with Gasteiger partial charge in [0.1, 0.15) is 0 Å². The highest BCUT2D eigenvalue weighted by atomic mass is 16.1. The molecule has 0 aromatic heterocycles. The average molecular weight is 274 g/mol. The Balaban J connectivity index is 2.66. The van der Waals surface area contributed by atoms with Crippen LogP contribution in [0.15, 0.2) is 34.9 Å². The van der Waals surface area contributed by atoms with Crippen molar-refractivity contribution in [2.75, 3.05) is 0 Å². The molecule has 0 aromatic carbocycles. The molecule has 0 saturated heterocycles. The van der Waals surface area contributed by atoms with Crippen LogP contribution < -0.4 is 0 Å². The van der Waals surface area contributed by atoms with Gasteiger partial charge in [0.05, 0.1) is 0 Å². The highest BCUT2D eigenvalue weighted by Crippen LogP contribution is 2.31. The summed E-state index contributed by atoms with van der Waals surface area (Å²) in [6, 6.07) is 0. The standard InChI is InChI=1S/C18H26O2/c1-13(2)7-6-8-14(3)9-10-15-11-16(19)12-18(4,5)17(15)20/h7,9,11H,6,8,10,12H2,1-5H3/b14-9+. The van der Waals surface area contributed by atoms with E-state index < -0.39 is 5.41 Å². The molecule has 0 heterocycles. The molecule has 0 saturated carbocycles. The summed E-state index contributed by atoms with van der Waals surface area (Å²) in [6.07, 6.45) is 8.78. The van der Waals surface area contributed by atoms with Crippen LogP contribution in [0, 0.1) is 5.41 Å². The second-order valence-corrected chi connectivity index (χ2v) is 6.60. The van der Waals surface area contributed by atoms with Crippen LogP contribution in [0.4, 0.5) is 0 Å². The first-order valence-electron chi connectivity index (χ1n) is 7.29. The maximum Gasteiger partial charge on any atom is 0.165 e. The number of carbonyl (C=O) groups is 2. The average Bonchev–Trinajstić information content (AvgIpc) is 2.31. The lowest BCUT2D eigenvalue weighted by Crippen LogP contribution is -2.32. The molecule has 0 radical (unpaired) electrons. The smallest absolute Gasteiger partial charge is 0.165 e. The van der Waals surface area contributed by atoms with E-state index in [0.717, 1.165) is 12.8 Å². The highest BCUT2D eigenvalue weighted by molar-refractivity contribution is 6.11. The number of carbonyl (C=O) groups excluding carboxylic acids is 2. The Morgan fingerprint density at radius 2 is 1.85 bits per heavy atom. The molecule has 1 rings (SSSR count). The van der Waals surface area contributed by atoms with E-state index in [0.29, 0.717) is 18.4 Å². The molecule has 0 fully saturated rings. The van der Waals surface area contributed by atoms with Crippen LogP contribution in [-0.4, -0.2) is 11.6 Å². The Morgan fingerprint density at radius 3 is 2.45 bits per heavy atom. The van der Waals surface area contributed by atoms with Crippen molar-refractivity contribution in [3.05, 3.63) is 34.9 Å². The van der Waals surface area contributed by atoms with E-state index >= 15 is 0 Å². The van der Waals surface area contributed by atoms with E-state index in [1.807, 2.05) is 13.8 Å². The van der Waals surface area contributed by atoms with Gasteiger partial charge in [-0.2, -0.15) is 0 Å². The summed E-state index contributed by atoms with van der Waals surface area (Å²) in [5, 5.41) is 0. The Labute approximate surface area is 122 Å². The fourth-order valence-corrected chi connectivity index (χ4v) is 2.39. The molecule has 110 valence electrons. The molecular formula is C18H26O2.